The van der Waals surface area contributed by atoms with E-state index in [0.717, 1.165) is 35.4 Å². The summed E-state index contributed by atoms with van der Waals surface area (Å²) >= 11 is 1.64. The molecule has 4 aromatic rings. The van der Waals surface area contributed by atoms with Crippen LogP contribution < -0.4 is 10.6 Å². The smallest absolute Gasteiger partial charge is 0.226 e. The number of fused-ring (bicyclic) bond motifs is 1. The fraction of sp³-hybridized carbons (Fsp3) is 0.211. The van der Waals surface area contributed by atoms with Crippen molar-refractivity contribution in [1.29, 1.82) is 0 Å². The highest BCUT2D eigenvalue weighted by Crippen LogP contribution is 2.24. The zero-order chi connectivity index (χ0) is 18.6. The highest BCUT2D eigenvalue weighted by molar-refractivity contribution is 7.08. The van der Waals surface area contributed by atoms with Gasteiger partial charge >= 0.3 is 0 Å². The predicted octanol–water partition coefficient (Wildman–Crippen LogP) is 3.67. The zero-order valence-corrected chi connectivity index (χ0v) is 15.7. The number of phenols is 1. The number of rotatable bonds is 7. The fourth-order valence-electron chi connectivity index (χ4n) is 2.83. The lowest BCUT2D eigenvalue weighted by Gasteiger charge is -2.10. The third-order valence-corrected chi connectivity index (χ3v) is 4.83. The molecule has 0 aliphatic rings. The highest BCUT2D eigenvalue weighted by Gasteiger charge is 2.14. The van der Waals surface area contributed by atoms with E-state index in [1.54, 1.807) is 29.8 Å². The number of hydrogen-bond donors (Lipinski definition) is 3. The van der Waals surface area contributed by atoms with Gasteiger partial charge in [0.1, 0.15) is 12.1 Å². The molecule has 0 bridgehead atoms. The topological polar surface area (TPSA) is 87.9 Å². The van der Waals surface area contributed by atoms with Gasteiger partial charge in [0.05, 0.1) is 5.69 Å². The maximum absolute atomic E-state index is 9.39. The summed E-state index contributed by atoms with van der Waals surface area (Å²) in [5.41, 5.74) is 3.69. The minimum Gasteiger partial charge on any atom is -0.508 e. The first-order valence-electron chi connectivity index (χ1n) is 8.78. The molecule has 1 aromatic carbocycles. The molecule has 0 spiro atoms. The van der Waals surface area contributed by atoms with Gasteiger partial charge < -0.3 is 15.7 Å². The van der Waals surface area contributed by atoms with E-state index < -0.39 is 0 Å². The van der Waals surface area contributed by atoms with Gasteiger partial charge in [0.25, 0.3) is 0 Å². The van der Waals surface area contributed by atoms with Gasteiger partial charge in [-0.05, 0) is 42.5 Å². The number of nitrogens with one attached hydrogen (secondary N) is 2. The third kappa shape index (κ3) is 3.70. The Hall–Kier alpha value is -3.13. The summed E-state index contributed by atoms with van der Waals surface area (Å²) in [7, 11) is 0. The summed E-state index contributed by atoms with van der Waals surface area (Å²) in [6.45, 7) is 3.46. The first-order chi connectivity index (χ1) is 13.2. The maximum Gasteiger partial charge on any atom is 0.226 e. The Kier molecular flexibility index (Phi) is 4.88. The van der Waals surface area contributed by atoms with Gasteiger partial charge in [0.15, 0.2) is 17.0 Å². The summed E-state index contributed by atoms with van der Waals surface area (Å²) < 4.78 is 1.97. The molecule has 3 N–H and O–H groups in total. The Morgan fingerprint density at radius 2 is 1.96 bits per heavy atom. The van der Waals surface area contributed by atoms with Crippen LogP contribution in [0.25, 0.3) is 16.9 Å². The second-order valence-corrected chi connectivity index (χ2v) is 6.82. The van der Waals surface area contributed by atoms with E-state index in [4.69, 9.17) is 0 Å². The number of aromatic nitrogens is 4. The molecule has 0 fully saturated rings. The van der Waals surface area contributed by atoms with Crippen molar-refractivity contribution < 1.29 is 5.11 Å². The van der Waals surface area contributed by atoms with Crippen molar-refractivity contribution in [1.82, 2.24) is 19.5 Å². The van der Waals surface area contributed by atoms with Gasteiger partial charge in [-0.2, -0.15) is 21.3 Å². The number of anilines is 2. The number of aromatic hydroxyl groups is 1. The molecule has 3 heterocycles. The second kappa shape index (κ2) is 7.63. The molecule has 0 radical (unpaired) electrons. The SMILES string of the molecule is CCNc1nc(NCCc2ccc(O)cc2)c2ncn(-c3ccsc3)c2n1. The summed E-state index contributed by atoms with van der Waals surface area (Å²) in [6.07, 6.45) is 2.59. The van der Waals surface area contributed by atoms with E-state index in [-0.39, 0.29) is 5.75 Å². The first-order valence-corrected chi connectivity index (χ1v) is 9.72. The van der Waals surface area contributed by atoms with Crippen molar-refractivity contribution in [2.75, 3.05) is 23.7 Å². The van der Waals surface area contributed by atoms with E-state index in [0.29, 0.717) is 18.3 Å². The molecule has 0 aliphatic heterocycles. The molecule has 0 aliphatic carbocycles. The van der Waals surface area contributed by atoms with Crippen molar-refractivity contribution in [2.24, 2.45) is 0 Å². The summed E-state index contributed by atoms with van der Waals surface area (Å²) in [5.74, 6) is 1.57. The van der Waals surface area contributed by atoms with Crippen molar-refractivity contribution >= 4 is 34.3 Å². The second-order valence-electron chi connectivity index (χ2n) is 6.04. The molecule has 0 atom stereocenters. The Balaban J connectivity index is 1.61. The minimum absolute atomic E-state index is 0.276. The van der Waals surface area contributed by atoms with Gasteiger partial charge in [-0.3, -0.25) is 4.57 Å². The normalized spacial score (nSPS) is 11.0. The lowest BCUT2D eigenvalue weighted by atomic mass is 10.1. The van der Waals surface area contributed by atoms with Crippen molar-refractivity contribution in [3.05, 3.63) is 53.0 Å². The molecule has 0 amide bonds. The van der Waals surface area contributed by atoms with Crippen LogP contribution in [0.4, 0.5) is 11.8 Å². The van der Waals surface area contributed by atoms with Gasteiger partial charge in [0, 0.05) is 18.5 Å². The van der Waals surface area contributed by atoms with E-state index in [1.807, 2.05) is 35.1 Å². The average molecular weight is 380 g/mol. The van der Waals surface area contributed by atoms with Crippen molar-refractivity contribution in [3.8, 4) is 11.4 Å². The Bertz CT molecular complexity index is 1030. The molecule has 0 saturated carbocycles. The molecule has 0 saturated heterocycles. The van der Waals surface area contributed by atoms with Crippen LogP contribution in [0.5, 0.6) is 5.75 Å². The van der Waals surface area contributed by atoms with Gasteiger partial charge in [-0.1, -0.05) is 12.1 Å². The number of nitrogens with zero attached hydrogens (tertiary/aromatic N) is 4. The molecule has 7 nitrogen and oxygen atoms in total. The summed E-state index contributed by atoms with van der Waals surface area (Å²) in [6, 6.07) is 9.27. The third-order valence-electron chi connectivity index (χ3n) is 4.16. The van der Waals surface area contributed by atoms with Crippen molar-refractivity contribution in [3.63, 3.8) is 0 Å². The molecule has 0 unspecified atom stereocenters. The molecule has 4 rings (SSSR count). The Morgan fingerprint density at radius 3 is 2.70 bits per heavy atom. The van der Waals surface area contributed by atoms with E-state index in [2.05, 4.69) is 31.0 Å². The number of thiophene rings is 1. The quantitative estimate of drug-likeness (QED) is 0.453. The highest BCUT2D eigenvalue weighted by atomic mass is 32.1. The van der Waals surface area contributed by atoms with Crippen LogP contribution in [0.3, 0.4) is 0 Å². The van der Waals surface area contributed by atoms with Crippen LogP contribution in [0, 0.1) is 0 Å². The zero-order valence-electron chi connectivity index (χ0n) is 14.9. The lowest BCUT2D eigenvalue weighted by molar-refractivity contribution is 0.475. The van der Waals surface area contributed by atoms with Crippen LogP contribution in [0.15, 0.2) is 47.4 Å². The Labute approximate surface area is 160 Å². The van der Waals surface area contributed by atoms with Crippen LogP contribution >= 0.6 is 11.3 Å². The van der Waals surface area contributed by atoms with Crippen LogP contribution in [-0.2, 0) is 6.42 Å². The monoisotopic (exact) mass is 380 g/mol. The number of benzene rings is 1. The summed E-state index contributed by atoms with van der Waals surface area (Å²) in [5, 5.41) is 20.1. The van der Waals surface area contributed by atoms with E-state index in [1.165, 1.54) is 0 Å². The first kappa shape index (κ1) is 17.3. The fourth-order valence-corrected chi connectivity index (χ4v) is 3.46. The van der Waals surface area contributed by atoms with Crippen LogP contribution in [0.1, 0.15) is 12.5 Å². The van der Waals surface area contributed by atoms with Crippen LogP contribution in [-0.4, -0.2) is 37.7 Å². The van der Waals surface area contributed by atoms with Crippen LogP contribution in [0.2, 0.25) is 0 Å². The molecular formula is C19H20N6OS. The Morgan fingerprint density at radius 1 is 1.11 bits per heavy atom. The minimum atomic E-state index is 0.276. The van der Waals surface area contributed by atoms with E-state index >= 15 is 0 Å². The van der Waals surface area contributed by atoms with Crippen molar-refractivity contribution in [2.45, 2.75) is 13.3 Å². The average Bonchev–Trinajstić information content (AvgIpc) is 3.33. The number of hydrogen-bond acceptors (Lipinski definition) is 7. The van der Waals surface area contributed by atoms with Gasteiger partial charge in [0.2, 0.25) is 5.95 Å². The standard InChI is InChI=1S/C19H20N6OS/c1-2-20-19-23-17(21-9-7-13-3-5-15(26)6-4-13)16-18(24-19)25(12-22-16)14-8-10-27-11-14/h3-6,8,10-12,26H,2,7,9H2,1H3,(H2,20,21,23,24). The molecule has 138 valence electrons. The predicted molar refractivity (Wildman–Crippen MR) is 109 cm³/mol. The molecule has 8 heteroatoms. The number of imidazole rings is 1. The maximum atomic E-state index is 9.39. The van der Waals surface area contributed by atoms with E-state index in [9.17, 15) is 5.11 Å². The molecule has 27 heavy (non-hydrogen) atoms. The van der Waals surface area contributed by atoms with Gasteiger partial charge in [-0.25, -0.2) is 4.98 Å². The lowest BCUT2D eigenvalue weighted by Crippen LogP contribution is -2.10. The largest absolute Gasteiger partial charge is 0.508 e. The number of phenolic OH excluding ortho intramolecular Hbond substituents is 1. The molecule has 3 aromatic heterocycles. The van der Waals surface area contributed by atoms with Gasteiger partial charge in [-0.15, -0.1) is 0 Å². The molecular weight excluding hydrogens is 360 g/mol. The summed E-state index contributed by atoms with van der Waals surface area (Å²) in [4.78, 5) is 13.7.